The van der Waals surface area contributed by atoms with Gasteiger partial charge in [0.1, 0.15) is 0 Å². The number of likely N-dealkylation sites (N-methyl/N-ethyl adjacent to an activating group) is 1. The van der Waals surface area contributed by atoms with Crippen molar-refractivity contribution in [2.45, 2.75) is 48.8 Å². The maximum atomic E-state index is 9.65. The van der Waals surface area contributed by atoms with Gasteiger partial charge < -0.3 is 24.3 Å². The Bertz CT molecular complexity index is 779. The molecular formula is C19H24N2O4. The lowest BCUT2D eigenvalue weighted by molar-refractivity contribution is -0.180. The summed E-state index contributed by atoms with van der Waals surface area (Å²) in [6.45, 7) is 0.977. The first-order chi connectivity index (χ1) is 12.1. The molecule has 134 valence electrons. The average molecular weight is 344 g/mol. The molecule has 1 spiro atoms. The van der Waals surface area contributed by atoms with Crippen LogP contribution in [0, 0.1) is 0 Å². The molecule has 2 heterocycles. The van der Waals surface area contributed by atoms with Crippen molar-refractivity contribution >= 4 is 5.71 Å². The molecule has 1 N–H and O–H groups in total. The number of hydrogen-bond acceptors (Lipinski definition) is 6. The highest BCUT2D eigenvalue weighted by molar-refractivity contribution is 5.94. The Hall–Kier alpha value is -1.79. The van der Waals surface area contributed by atoms with E-state index in [2.05, 4.69) is 23.2 Å². The Kier molecular flexibility index (Phi) is 3.02. The van der Waals surface area contributed by atoms with E-state index in [0.717, 1.165) is 43.0 Å². The van der Waals surface area contributed by atoms with Crippen LogP contribution in [0.4, 0.5) is 0 Å². The van der Waals surface area contributed by atoms with Gasteiger partial charge in [0, 0.05) is 18.7 Å². The minimum atomic E-state index is -0.330. The fraction of sp³-hybridized carbons (Fsp3) is 0.632. The van der Waals surface area contributed by atoms with Crippen molar-refractivity contribution in [2.75, 3.05) is 27.8 Å². The number of rotatable bonds is 2. The molecule has 2 aliphatic heterocycles. The Labute approximate surface area is 147 Å². The quantitative estimate of drug-likeness (QED) is 0.656. The monoisotopic (exact) mass is 344 g/mol. The number of oxime groups is 1. The van der Waals surface area contributed by atoms with Crippen molar-refractivity contribution in [3.63, 3.8) is 0 Å². The number of methoxy groups -OCH3 is 2. The maximum absolute atomic E-state index is 9.65. The van der Waals surface area contributed by atoms with Crippen molar-refractivity contribution in [1.29, 1.82) is 0 Å². The van der Waals surface area contributed by atoms with E-state index in [4.69, 9.17) is 14.2 Å². The summed E-state index contributed by atoms with van der Waals surface area (Å²) < 4.78 is 18.4. The molecule has 2 aliphatic carbocycles. The van der Waals surface area contributed by atoms with Gasteiger partial charge in [-0.1, -0.05) is 11.2 Å². The van der Waals surface area contributed by atoms with Crippen LogP contribution in [0.5, 0.6) is 11.5 Å². The lowest BCUT2D eigenvalue weighted by Crippen LogP contribution is -2.76. The molecule has 0 aromatic heterocycles. The highest BCUT2D eigenvalue weighted by atomic mass is 16.5. The van der Waals surface area contributed by atoms with Crippen molar-refractivity contribution in [3.8, 4) is 11.5 Å². The van der Waals surface area contributed by atoms with Gasteiger partial charge in [0.05, 0.1) is 23.8 Å². The van der Waals surface area contributed by atoms with Crippen molar-refractivity contribution in [1.82, 2.24) is 4.90 Å². The van der Waals surface area contributed by atoms with Gasteiger partial charge in [-0.2, -0.15) is 0 Å². The third kappa shape index (κ3) is 1.52. The molecule has 1 aromatic carbocycles. The van der Waals surface area contributed by atoms with Crippen LogP contribution >= 0.6 is 0 Å². The Balaban J connectivity index is 1.86. The molecule has 0 radical (unpaired) electrons. The second-order valence-electron chi connectivity index (χ2n) is 7.74. The topological polar surface area (TPSA) is 63.5 Å². The third-order valence-corrected chi connectivity index (χ3v) is 7.20. The molecule has 6 heteroatoms. The van der Waals surface area contributed by atoms with Crippen LogP contribution in [0.2, 0.25) is 0 Å². The highest BCUT2D eigenvalue weighted by Gasteiger charge is 2.73. The summed E-state index contributed by atoms with van der Waals surface area (Å²) in [6.07, 6.45) is 3.11. The predicted molar refractivity (Wildman–Crippen MR) is 92.0 cm³/mol. The SMILES string of the molecule is COc1ccc2c3c1O[C@H]1/C(=N/O)CC[C@@]4(OC)[C@@H](C2)N(C)CC[C@]314. The number of nitrogens with zero attached hydrogens (tertiary/aromatic N) is 2. The molecule has 2 bridgehead atoms. The van der Waals surface area contributed by atoms with Crippen LogP contribution in [-0.2, 0) is 16.6 Å². The Morgan fingerprint density at radius 1 is 1.32 bits per heavy atom. The zero-order valence-corrected chi connectivity index (χ0v) is 14.9. The molecule has 1 aromatic rings. The molecule has 5 rings (SSSR count). The first-order valence-electron chi connectivity index (χ1n) is 8.96. The van der Waals surface area contributed by atoms with E-state index in [-0.39, 0.29) is 17.1 Å². The molecule has 1 saturated carbocycles. The third-order valence-electron chi connectivity index (χ3n) is 7.20. The second-order valence-corrected chi connectivity index (χ2v) is 7.74. The lowest BCUT2D eigenvalue weighted by atomic mass is 9.48. The fourth-order valence-corrected chi connectivity index (χ4v) is 6.19. The van der Waals surface area contributed by atoms with Crippen molar-refractivity contribution in [3.05, 3.63) is 23.3 Å². The van der Waals surface area contributed by atoms with E-state index >= 15 is 0 Å². The van der Waals surface area contributed by atoms with E-state index in [1.807, 2.05) is 13.2 Å². The first-order valence-corrected chi connectivity index (χ1v) is 8.96. The molecule has 1 saturated heterocycles. The molecule has 2 fully saturated rings. The molecular weight excluding hydrogens is 320 g/mol. The van der Waals surface area contributed by atoms with E-state index in [1.54, 1.807) is 7.11 Å². The van der Waals surface area contributed by atoms with E-state index in [9.17, 15) is 5.21 Å². The van der Waals surface area contributed by atoms with Crippen LogP contribution in [0.1, 0.15) is 30.4 Å². The molecule has 4 aliphatic rings. The first kappa shape index (κ1) is 15.5. The summed E-state index contributed by atoms with van der Waals surface area (Å²) >= 11 is 0. The lowest BCUT2D eigenvalue weighted by Gasteiger charge is -2.64. The van der Waals surface area contributed by atoms with Crippen molar-refractivity contribution in [2.24, 2.45) is 5.16 Å². The normalized spacial score (nSPS) is 39.9. The fourth-order valence-electron chi connectivity index (χ4n) is 6.19. The minimum absolute atomic E-state index is 0.284. The molecule has 0 amide bonds. The zero-order chi connectivity index (χ0) is 17.4. The van der Waals surface area contributed by atoms with Gasteiger partial charge in [-0.05, 0) is 50.9 Å². The maximum Gasteiger partial charge on any atom is 0.166 e. The summed E-state index contributed by atoms with van der Waals surface area (Å²) in [5.74, 6) is 1.57. The number of hydrogen-bond donors (Lipinski definition) is 1. The number of ether oxygens (including phenoxy) is 3. The van der Waals surface area contributed by atoms with Crippen LogP contribution in [0.3, 0.4) is 0 Å². The van der Waals surface area contributed by atoms with Gasteiger partial charge in [-0.3, -0.25) is 0 Å². The van der Waals surface area contributed by atoms with Crippen LogP contribution < -0.4 is 9.47 Å². The summed E-state index contributed by atoms with van der Waals surface area (Å²) in [5.41, 5.74) is 2.62. The van der Waals surface area contributed by atoms with E-state index in [0.29, 0.717) is 12.5 Å². The molecule has 4 atom stereocenters. The van der Waals surface area contributed by atoms with E-state index < -0.39 is 0 Å². The standard InChI is InChI=1S/C19H24N2O4/c1-21-9-8-18-15-11-4-5-13(23-2)16(15)25-17(18)12(20-22)6-7-19(18,24-3)14(21)10-11/h4-5,14,17,22H,6-10H2,1-3H3/b20-12+/t14-,17+,18+,19-/m1/s1. The van der Waals surface area contributed by atoms with Gasteiger partial charge in [0.15, 0.2) is 17.6 Å². The number of piperidine rings is 1. The smallest absolute Gasteiger partial charge is 0.166 e. The summed E-state index contributed by atoms with van der Waals surface area (Å²) in [6, 6.07) is 4.46. The van der Waals surface area contributed by atoms with Crippen LogP contribution in [0.15, 0.2) is 17.3 Å². The number of benzene rings is 1. The minimum Gasteiger partial charge on any atom is -0.493 e. The summed E-state index contributed by atoms with van der Waals surface area (Å²) in [5, 5.41) is 13.3. The second kappa shape index (κ2) is 4.89. The average Bonchev–Trinajstić information content (AvgIpc) is 2.99. The van der Waals surface area contributed by atoms with Gasteiger partial charge in [-0.15, -0.1) is 0 Å². The Morgan fingerprint density at radius 2 is 2.16 bits per heavy atom. The van der Waals surface area contributed by atoms with Gasteiger partial charge in [-0.25, -0.2) is 0 Å². The van der Waals surface area contributed by atoms with Gasteiger partial charge >= 0.3 is 0 Å². The van der Waals surface area contributed by atoms with Gasteiger partial charge in [0.25, 0.3) is 0 Å². The molecule has 6 nitrogen and oxygen atoms in total. The van der Waals surface area contributed by atoms with Crippen LogP contribution in [-0.4, -0.2) is 61.4 Å². The molecule has 25 heavy (non-hydrogen) atoms. The highest BCUT2D eigenvalue weighted by Crippen LogP contribution is 2.65. The van der Waals surface area contributed by atoms with Crippen LogP contribution in [0.25, 0.3) is 0 Å². The number of likely N-dealkylation sites (tertiary alicyclic amines) is 1. The summed E-state index contributed by atoms with van der Waals surface area (Å²) in [7, 11) is 5.69. The predicted octanol–water partition coefficient (Wildman–Crippen LogP) is 1.96. The van der Waals surface area contributed by atoms with E-state index in [1.165, 1.54) is 11.1 Å². The molecule has 0 unspecified atom stereocenters. The zero-order valence-electron chi connectivity index (χ0n) is 14.9. The van der Waals surface area contributed by atoms with Crippen molar-refractivity contribution < 1.29 is 19.4 Å². The summed E-state index contributed by atoms with van der Waals surface area (Å²) in [4.78, 5) is 2.43. The Morgan fingerprint density at radius 3 is 2.88 bits per heavy atom. The van der Waals surface area contributed by atoms with Gasteiger partial charge in [0.2, 0.25) is 0 Å². The largest absolute Gasteiger partial charge is 0.493 e.